The van der Waals surface area contributed by atoms with E-state index in [2.05, 4.69) is 45.2 Å². The van der Waals surface area contributed by atoms with Crippen molar-refractivity contribution in [1.29, 1.82) is 0 Å². The SMILES string of the molecule is CC/C(=C\C=C(/C)S)C(C)CC(Cl)c1c(C)cc(O)cc1CS. The maximum absolute atomic E-state index is 9.76. The summed E-state index contributed by atoms with van der Waals surface area (Å²) in [4.78, 5) is 0.998. The third-order valence-corrected chi connectivity index (χ3v) is 4.97. The molecule has 0 aliphatic carbocycles. The number of alkyl halides is 1. The van der Waals surface area contributed by atoms with Crippen LogP contribution >= 0.6 is 36.9 Å². The Kier molecular flexibility index (Phi) is 8.66. The van der Waals surface area contributed by atoms with Crippen molar-refractivity contribution in [3.05, 3.63) is 51.5 Å². The number of aryl methyl sites for hydroxylation is 1. The number of phenolic OH excluding ortho intramolecular Hbond substituents is 1. The zero-order valence-electron chi connectivity index (χ0n) is 14.3. The van der Waals surface area contributed by atoms with Crippen LogP contribution in [0.5, 0.6) is 5.75 Å². The van der Waals surface area contributed by atoms with Crippen molar-refractivity contribution in [2.75, 3.05) is 0 Å². The minimum atomic E-state index is -0.0937. The van der Waals surface area contributed by atoms with E-state index < -0.39 is 0 Å². The molecule has 1 aromatic rings. The van der Waals surface area contributed by atoms with Crippen LogP contribution in [-0.2, 0) is 5.75 Å². The van der Waals surface area contributed by atoms with Crippen LogP contribution in [0.3, 0.4) is 0 Å². The van der Waals surface area contributed by atoms with Gasteiger partial charge in [-0.05, 0) is 66.3 Å². The topological polar surface area (TPSA) is 20.2 Å². The second kappa shape index (κ2) is 9.71. The highest BCUT2D eigenvalue weighted by Crippen LogP contribution is 2.37. The average molecular weight is 371 g/mol. The lowest BCUT2D eigenvalue weighted by Crippen LogP contribution is -2.07. The summed E-state index contributed by atoms with van der Waals surface area (Å²) in [5.41, 5.74) is 4.50. The summed E-state index contributed by atoms with van der Waals surface area (Å²) in [6.45, 7) is 8.34. The molecule has 0 aliphatic heterocycles. The van der Waals surface area contributed by atoms with Crippen molar-refractivity contribution in [2.45, 2.75) is 51.7 Å². The first-order chi connectivity index (χ1) is 10.8. The molecule has 4 heteroatoms. The molecule has 1 rings (SSSR count). The Hall–Kier alpha value is -0.510. The van der Waals surface area contributed by atoms with Crippen molar-refractivity contribution >= 4 is 36.9 Å². The van der Waals surface area contributed by atoms with E-state index in [0.29, 0.717) is 11.7 Å². The van der Waals surface area contributed by atoms with Crippen molar-refractivity contribution in [3.63, 3.8) is 0 Å². The minimum absolute atomic E-state index is 0.0937. The van der Waals surface area contributed by atoms with Crippen molar-refractivity contribution in [1.82, 2.24) is 0 Å². The molecule has 1 nitrogen and oxygen atoms in total. The molecule has 2 atom stereocenters. The number of halogens is 1. The number of hydrogen-bond acceptors (Lipinski definition) is 3. The largest absolute Gasteiger partial charge is 0.508 e. The van der Waals surface area contributed by atoms with Gasteiger partial charge in [0, 0.05) is 5.75 Å². The van der Waals surface area contributed by atoms with E-state index in [-0.39, 0.29) is 11.1 Å². The highest BCUT2D eigenvalue weighted by molar-refractivity contribution is 7.84. The molecule has 128 valence electrons. The normalized spacial score (nSPS) is 15.6. The van der Waals surface area contributed by atoms with Crippen LogP contribution in [0.2, 0.25) is 0 Å². The smallest absolute Gasteiger partial charge is 0.116 e. The van der Waals surface area contributed by atoms with Crippen molar-refractivity contribution < 1.29 is 5.11 Å². The van der Waals surface area contributed by atoms with Gasteiger partial charge in [-0.1, -0.05) is 31.6 Å². The summed E-state index contributed by atoms with van der Waals surface area (Å²) in [5.74, 6) is 1.23. The van der Waals surface area contributed by atoms with Crippen molar-refractivity contribution in [2.24, 2.45) is 5.92 Å². The van der Waals surface area contributed by atoms with Gasteiger partial charge in [0.05, 0.1) is 5.38 Å². The van der Waals surface area contributed by atoms with Gasteiger partial charge in [0.15, 0.2) is 0 Å². The third kappa shape index (κ3) is 6.13. The average Bonchev–Trinajstić information content (AvgIpc) is 2.46. The molecule has 0 aromatic heterocycles. The fraction of sp³-hybridized carbons (Fsp3) is 0.474. The fourth-order valence-corrected chi connectivity index (χ4v) is 3.78. The maximum Gasteiger partial charge on any atom is 0.116 e. The molecule has 1 aromatic carbocycles. The first-order valence-corrected chi connectivity index (χ1v) is 9.45. The van der Waals surface area contributed by atoms with Crippen LogP contribution in [0.4, 0.5) is 0 Å². The zero-order valence-corrected chi connectivity index (χ0v) is 16.8. The van der Waals surface area contributed by atoms with E-state index in [1.54, 1.807) is 12.1 Å². The molecule has 0 bridgehead atoms. The highest BCUT2D eigenvalue weighted by Gasteiger charge is 2.20. The number of thiol groups is 2. The van der Waals surface area contributed by atoms with Crippen LogP contribution < -0.4 is 0 Å². The Bertz CT molecular complexity index is 589. The lowest BCUT2D eigenvalue weighted by Gasteiger charge is -2.22. The van der Waals surface area contributed by atoms with Crippen LogP contribution in [0, 0.1) is 12.8 Å². The Morgan fingerprint density at radius 1 is 1.35 bits per heavy atom. The van der Waals surface area contributed by atoms with Crippen LogP contribution in [0.1, 0.15) is 55.7 Å². The Balaban J connectivity index is 3.01. The van der Waals surface area contributed by atoms with Gasteiger partial charge in [-0.2, -0.15) is 12.6 Å². The summed E-state index contributed by atoms with van der Waals surface area (Å²) < 4.78 is 0. The first kappa shape index (κ1) is 20.5. The van der Waals surface area contributed by atoms with Gasteiger partial charge in [-0.25, -0.2) is 0 Å². The van der Waals surface area contributed by atoms with Gasteiger partial charge < -0.3 is 5.11 Å². The zero-order chi connectivity index (χ0) is 17.6. The molecule has 1 N–H and O–H groups in total. The maximum atomic E-state index is 9.76. The quantitative estimate of drug-likeness (QED) is 0.280. The molecule has 0 amide bonds. The molecule has 0 fully saturated rings. The second-order valence-electron chi connectivity index (χ2n) is 6.00. The Morgan fingerprint density at radius 2 is 2.00 bits per heavy atom. The molecule has 0 heterocycles. The van der Waals surface area contributed by atoms with E-state index in [4.69, 9.17) is 11.6 Å². The number of allylic oxidation sites excluding steroid dienone is 4. The molecule has 0 saturated heterocycles. The molecule has 0 spiro atoms. The summed E-state index contributed by atoms with van der Waals surface area (Å²) >= 11 is 15.4. The number of aromatic hydroxyl groups is 1. The molecule has 0 radical (unpaired) electrons. The van der Waals surface area contributed by atoms with Crippen molar-refractivity contribution in [3.8, 4) is 5.75 Å². The number of hydrogen-bond donors (Lipinski definition) is 3. The van der Waals surface area contributed by atoms with Crippen LogP contribution in [-0.4, -0.2) is 5.11 Å². The van der Waals surface area contributed by atoms with E-state index >= 15 is 0 Å². The van der Waals surface area contributed by atoms with E-state index in [9.17, 15) is 5.11 Å². The molecule has 23 heavy (non-hydrogen) atoms. The number of benzene rings is 1. The van der Waals surface area contributed by atoms with Gasteiger partial charge in [0.1, 0.15) is 5.75 Å². The van der Waals surface area contributed by atoms with E-state index in [1.807, 2.05) is 19.9 Å². The van der Waals surface area contributed by atoms with Crippen LogP contribution in [0.25, 0.3) is 0 Å². The summed E-state index contributed by atoms with van der Waals surface area (Å²) in [6, 6.07) is 3.53. The van der Waals surface area contributed by atoms with Gasteiger partial charge >= 0.3 is 0 Å². The van der Waals surface area contributed by atoms with Gasteiger partial charge in [-0.3, -0.25) is 0 Å². The lowest BCUT2D eigenvalue weighted by molar-refractivity contribution is 0.473. The first-order valence-electron chi connectivity index (χ1n) is 7.93. The Morgan fingerprint density at radius 3 is 2.52 bits per heavy atom. The number of rotatable bonds is 7. The highest BCUT2D eigenvalue weighted by atomic mass is 35.5. The monoisotopic (exact) mass is 370 g/mol. The predicted molar refractivity (Wildman–Crippen MR) is 109 cm³/mol. The molecular formula is C19H27ClOS2. The lowest BCUT2D eigenvalue weighted by atomic mass is 9.89. The van der Waals surface area contributed by atoms with E-state index in [1.165, 1.54) is 5.57 Å². The molecule has 2 unspecified atom stereocenters. The van der Waals surface area contributed by atoms with Gasteiger partial charge in [0.2, 0.25) is 0 Å². The second-order valence-corrected chi connectivity index (χ2v) is 7.55. The molecule has 0 aliphatic rings. The van der Waals surface area contributed by atoms with Gasteiger partial charge in [-0.15, -0.1) is 24.2 Å². The molecule has 0 saturated carbocycles. The third-order valence-electron chi connectivity index (χ3n) is 4.08. The van der Waals surface area contributed by atoms with Gasteiger partial charge in [0.25, 0.3) is 0 Å². The molecular weight excluding hydrogens is 344 g/mol. The fourth-order valence-electron chi connectivity index (χ4n) is 2.87. The summed E-state index contributed by atoms with van der Waals surface area (Å²) in [6.07, 6.45) is 6.04. The summed E-state index contributed by atoms with van der Waals surface area (Å²) in [5, 5.41) is 9.67. The predicted octanol–water partition coefficient (Wildman–Crippen LogP) is 6.61. The Labute approximate surface area is 156 Å². The minimum Gasteiger partial charge on any atom is -0.508 e. The standard InChI is InChI=1S/C19H27ClOS2/c1-5-15(7-6-14(4)23)12(2)9-18(20)19-13(3)8-17(21)10-16(19)11-22/h6-8,10,12,18,21-23H,5,9,11H2,1-4H3/b14-6+,15-7+. The summed E-state index contributed by atoms with van der Waals surface area (Å²) in [7, 11) is 0. The number of phenols is 1. The van der Waals surface area contributed by atoms with E-state index in [0.717, 1.165) is 34.4 Å². The van der Waals surface area contributed by atoms with Crippen LogP contribution in [0.15, 0.2) is 34.8 Å².